The van der Waals surface area contributed by atoms with Gasteiger partial charge >= 0.3 is 0 Å². The largest absolute Gasteiger partial charge is 0.342 e. The molecule has 148 valence electrons. The first-order chi connectivity index (χ1) is 13.4. The van der Waals surface area contributed by atoms with Crippen LogP contribution in [0.4, 0.5) is 5.69 Å². The van der Waals surface area contributed by atoms with Gasteiger partial charge in [-0.25, -0.2) is 8.42 Å². The molecule has 0 unspecified atom stereocenters. The summed E-state index contributed by atoms with van der Waals surface area (Å²) in [6.07, 6.45) is 1.96. The van der Waals surface area contributed by atoms with Crippen LogP contribution in [0.1, 0.15) is 15.9 Å². The standard InChI is InChI=1S/C20H23N3O4S/c1-28(26,27)23(15-17-5-3-2-4-6-17)19-9-7-18(8-10-19)20(25)22-13-11-21(16-24)12-14-22/h2-10,16H,11-15H2,1H3. The van der Waals surface area contributed by atoms with Crippen LogP contribution in [0.3, 0.4) is 0 Å². The maximum Gasteiger partial charge on any atom is 0.253 e. The van der Waals surface area contributed by atoms with Gasteiger partial charge in [-0.3, -0.25) is 13.9 Å². The fraction of sp³-hybridized carbons (Fsp3) is 0.300. The summed E-state index contributed by atoms with van der Waals surface area (Å²) in [7, 11) is -3.48. The van der Waals surface area contributed by atoms with E-state index in [0.29, 0.717) is 37.4 Å². The van der Waals surface area contributed by atoms with Gasteiger partial charge < -0.3 is 9.80 Å². The minimum Gasteiger partial charge on any atom is -0.342 e. The summed E-state index contributed by atoms with van der Waals surface area (Å²) in [5, 5.41) is 0. The van der Waals surface area contributed by atoms with Crippen molar-refractivity contribution in [2.75, 3.05) is 36.7 Å². The highest BCUT2D eigenvalue weighted by Crippen LogP contribution is 2.22. The molecule has 28 heavy (non-hydrogen) atoms. The molecule has 0 N–H and O–H groups in total. The van der Waals surface area contributed by atoms with Gasteiger partial charge in [0.1, 0.15) is 0 Å². The molecule has 1 fully saturated rings. The van der Waals surface area contributed by atoms with Crippen LogP contribution in [0, 0.1) is 0 Å². The predicted octanol–water partition coefficient (Wildman–Crippen LogP) is 1.57. The lowest BCUT2D eigenvalue weighted by atomic mass is 10.1. The molecule has 0 atom stereocenters. The second-order valence-electron chi connectivity index (χ2n) is 6.74. The molecule has 2 aromatic rings. The zero-order valence-electron chi connectivity index (χ0n) is 15.7. The van der Waals surface area contributed by atoms with Crippen LogP contribution >= 0.6 is 0 Å². The topological polar surface area (TPSA) is 78.0 Å². The van der Waals surface area contributed by atoms with E-state index in [1.807, 2.05) is 30.3 Å². The van der Waals surface area contributed by atoms with Crippen LogP contribution in [0.2, 0.25) is 0 Å². The summed E-state index contributed by atoms with van der Waals surface area (Å²) >= 11 is 0. The Morgan fingerprint density at radius 1 is 1.00 bits per heavy atom. The van der Waals surface area contributed by atoms with Crippen LogP contribution in [0.25, 0.3) is 0 Å². The molecule has 8 heteroatoms. The molecule has 1 aliphatic heterocycles. The Bertz CT molecular complexity index is 922. The Hall–Kier alpha value is -2.87. The normalized spacial score (nSPS) is 14.6. The Balaban J connectivity index is 1.76. The smallest absolute Gasteiger partial charge is 0.253 e. The van der Waals surface area contributed by atoms with E-state index in [1.165, 1.54) is 10.6 Å². The minimum atomic E-state index is -3.48. The van der Waals surface area contributed by atoms with E-state index in [-0.39, 0.29) is 12.5 Å². The van der Waals surface area contributed by atoms with Crippen molar-refractivity contribution in [2.24, 2.45) is 0 Å². The van der Waals surface area contributed by atoms with Crippen molar-refractivity contribution in [2.45, 2.75) is 6.54 Å². The van der Waals surface area contributed by atoms with E-state index in [0.717, 1.165) is 12.0 Å². The zero-order valence-corrected chi connectivity index (χ0v) is 16.5. The van der Waals surface area contributed by atoms with Gasteiger partial charge in [0.05, 0.1) is 18.5 Å². The SMILES string of the molecule is CS(=O)(=O)N(Cc1ccccc1)c1ccc(C(=O)N2CCN(C=O)CC2)cc1. The first-order valence-corrected chi connectivity index (χ1v) is 10.8. The molecule has 0 aromatic heterocycles. The fourth-order valence-electron chi connectivity index (χ4n) is 3.13. The van der Waals surface area contributed by atoms with Gasteiger partial charge in [0.15, 0.2) is 0 Å². The molecule has 0 saturated carbocycles. The van der Waals surface area contributed by atoms with Crippen LogP contribution in [0.15, 0.2) is 54.6 Å². The first kappa shape index (κ1) is 19.9. The van der Waals surface area contributed by atoms with Gasteiger partial charge in [-0.15, -0.1) is 0 Å². The summed E-state index contributed by atoms with van der Waals surface area (Å²) in [4.78, 5) is 26.8. The van der Waals surface area contributed by atoms with Gasteiger partial charge in [0.2, 0.25) is 16.4 Å². The molecule has 1 saturated heterocycles. The lowest BCUT2D eigenvalue weighted by molar-refractivity contribution is -0.119. The van der Waals surface area contributed by atoms with E-state index in [2.05, 4.69) is 0 Å². The number of carbonyl (C=O) groups is 2. The number of hydrogen-bond donors (Lipinski definition) is 0. The molecule has 7 nitrogen and oxygen atoms in total. The monoisotopic (exact) mass is 401 g/mol. The van der Waals surface area contributed by atoms with Crippen molar-refractivity contribution < 1.29 is 18.0 Å². The lowest BCUT2D eigenvalue weighted by Gasteiger charge is -2.32. The Morgan fingerprint density at radius 2 is 1.61 bits per heavy atom. The summed E-state index contributed by atoms with van der Waals surface area (Å²) in [6.45, 7) is 2.24. The Morgan fingerprint density at radius 3 is 2.14 bits per heavy atom. The number of sulfonamides is 1. The van der Waals surface area contributed by atoms with Crippen molar-refractivity contribution in [3.63, 3.8) is 0 Å². The highest BCUT2D eigenvalue weighted by Gasteiger charge is 2.22. The third-order valence-corrected chi connectivity index (χ3v) is 5.86. The molecule has 2 aromatic carbocycles. The van der Waals surface area contributed by atoms with Crippen molar-refractivity contribution in [1.29, 1.82) is 0 Å². The molecule has 0 spiro atoms. The maximum atomic E-state index is 12.7. The van der Waals surface area contributed by atoms with E-state index in [1.54, 1.807) is 34.1 Å². The van der Waals surface area contributed by atoms with Crippen molar-refractivity contribution in [3.05, 3.63) is 65.7 Å². The van der Waals surface area contributed by atoms with Gasteiger partial charge in [0.25, 0.3) is 5.91 Å². The third-order valence-electron chi connectivity index (χ3n) is 4.72. The zero-order chi connectivity index (χ0) is 20.1. The molecule has 3 rings (SSSR count). The van der Waals surface area contributed by atoms with Crippen molar-refractivity contribution in [1.82, 2.24) is 9.80 Å². The fourth-order valence-corrected chi connectivity index (χ4v) is 4.02. The van der Waals surface area contributed by atoms with Crippen molar-refractivity contribution in [3.8, 4) is 0 Å². The second kappa shape index (κ2) is 8.43. The first-order valence-electron chi connectivity index (χ1n) is 8.99. The number of anilines is 1. The highest BCUT2D eigenvalue weighted by molar-refractivity contribution is 7.92. The van der Waals surface area contributed by atoms with Gasteiger partial charge in [0, 0.05) is 31.7 Å². The molecular weight excluding hydrogens is 378 g/mol. The molecule has 0 radical (unpaired) electrons. The number of piperazine rings is 1. The molecule has 1 aliphatic rings. The van der Waals surface area contributed by atoms with Gasteiger partial charge in [-0.1, -0.05) is 30.3 Å². The van der Waals surface area contributed by atoms with Crippen LogP contribution < -0.4 is 4.31 Å². The van der Waals surface area contributed by atoms with Crippen LogP contribution in [0.5, 0.6) is 0 Å². The summed E-state index contributed by atoms with van der Waals surface area (Å²) in [5.74, 6) is -0.119. The lowest BCUT2D eigenvalue weighted by Crippen LogP contribution is -2.48. The van der Waals surface area contributed by atoms with Crippen LogP contribution in [-0.4, -0.2) is 63.0 Å². The number of nitrogens with zero attached hydrogens (tertiary/aromatic N) is 3. The number of carbonyl (C=O) groups excluding carboxylic acids is 2. The molecule has 0 aliphatic carbocycles. The van der Waals surface area contributed by atoms with Crippen LogP contribution in [-0.2, 0) is 21.4 Å². The highest BCUT2D eigenvalue weighted by atomic mass is 32.2. The van der Waals surface area contributed by atoms with E-state index in [4.69, 9.17) is 0 Å². The molecule has 1 heterocycles. The van der Waals surface area contributed by atoms with E-state index >= 15 is 0 Å². The maximum absolute atomic E-state index is 12.7. The number of benzene rings is 2. The molecule has 0 bridgehead atoms. The predicted molar refractivity (Wildman–Crippen MR) is 107 cm³/mol. The van der Waals surface area contributed by atoms with Crippen molar-refractivity contribution >= 4 is 28.0 Å². The second-order valence-corrected chi connectivity index (χ2v) is 8.64. The van der Waals surface area contributed by atoms with E-state index in [9.17, 15) is 18.0 Å². The number of rotatable bonds is 6. The molecule has 2 amide bonds. The Labute approximate surface area is 165 Å². The van der Waals surface area contributed by atoms with Gasteiger partial charge in [-0.05, 0) is 29.8 Å². The Kier molecular flexibility index (Phi) is 5.99. The minimum absolute atomic E-state index is 0.119. The number of hydrogen-bond acceptors (Lipinski definition) is 4. The number of amides is 2. The van der Waals surface area contributed by atoms with Gasteiger partial charge in [-0.2, -0.15) is 0 Å². The summed E-state index contributed by atoms with van der Waals surface area (Å²) in [5.41, 5.74) is 1.88. The summed E-state index contributed by atoms with van der Waals surface area (Å²) < 4.78 is 25.9. The molecular formula is C20H23N3O4S. The average Bonchev–Trinajstić information content (AvgIpc) is 2.72. The summed E-state index contributed by atoms with van der Waals surface area (Å²) in [6, 6.07) is 15.9. The van der Waals surface area contributed by atoms with E-state index < -0.39 is 10.0 Å². The third kappa shape index (κ3) is 4.69. The average molecular weight is 401 g/mol. The quantitative estimate of drug-likeness (QED) is 0.689.